The van der Waals surface area contributed by atoms with Crippen LogP contribution >= 0.6 is 22.9 Å². The van der Waals surface area contributed by atoms with Gasteiger partial charge >= 0.3 is 5.97 Å². The molecule has 3 rings (SSSR count). The molecular formula is C21H21ClN2O3S. The van der Waals surface area contributed by atoms with Crippen LogP contribution in [0.2, 0.25) is 5.02 Å². The molecular weight excluding hydrogens is 396 g/mol. The Morgan fingerprint density at radius 2 is 2.00 bits per heavy atom. The third kappa shape index (κ3) is 4.72. The molecule has 0 saturated heterocycles. The van der Waals surface area contributed by atoms with Gasteiger partial charge in [-0.05, 0) is 53.8 Å². The van der Waals surface area contributed by atoms with Gasteiger partial charge in [-0.1, -0.05) is 35.9 Å². The van der Waals surface area contributed by atoms with Gasteiger partial charge in [-0.3, -0.25) is 0 Å². The van der Waals surface area contributed by atoms with Crippen LogP contribution in [-0.4, -0.2) is 29.3 Å². The molecule has 2 aromatic carbocycles. The molecule has 0 amide bonds. The van der Waals surface area contributed by atoms with Crippen LogP contribution in [0.25, 0.3) is 10.4 Å². The minimum atomic E-state index is -0.934. The van der Waals surface area contributed by atoms with Crippen LogP contribution in [0.4, 0.5) is 5.69 Å². The van der Waals surface area contributed by atoms with E-state index in [0.29, 0.717) is 23.7 Å². The molecule has 0 radical (unpaired) electrons. The lowest BCUT2D eigenvalue weighted by Crippen LogP contribution is -2.40. The van der Waals surface area contributed by atoms with E-state index >= 15 is 0 Å². The lowest BCUT2D eigenvalue weighted by atomic mass is 10.1. The average Bonchev–Trinajstić information content (AvgIpc) is 3.19. The van der Waals surface area contributed by atoms with Gasteiger partial charge in [0.1, 0.15) is 0 Å². The first kappa shape index (κ1) is 20.4. The first-order valence-corrected chi connectivity index (χ1v) is 10.1. The van der Waals surface area contributed by atoms with Gasteiger partial charge in [0.05, 0.1) is 17.4 Å². The first-order valence-electron chi connectivity index (χ1n) is 8.85. The number of carbonyl (C=O) groups is 1. The lowest BCUT2D eigenvalue weighted by Gasteiger charge is -2.26. The smallest absolute Gasteiger partial charge is 0.337 e. The highest BCUT2D eigenvalue weighted by molar-refractivity contribution is 7.14. The maximum atomic E-state index is 11.4. The Morgan fingerprint density at radius 1 is 1.21 bits per heavy atom. The highest BCUT2D eigenvalue weighted by atomic mass is 35.5. The zero-order valence-corrected chi connectivity index (χ0v) is 16.9. The fourth-order valence-electron chi connectivity index (χ4n) is 2.93. The van der Waals surface area contributed by atoms with E-state index in [2.05, 4.69) is 5.43 Å². The number of aliphatic hydroxyl groups is 1. The summed E-state index contributed by atoms with van der Waals surface area (Å²) in [7, 11) is 0. The van der Waals surface area contributed by atoms with Gasteiger partial charge < -0.3 is 15.2 Å². The third-order valence-electron chi connectivity index (χ3n) is 4.34. The van der Waals surface area contributed by atoms with Gasteiger partial charge in [0, 0.05) is 23.0 Å². The summed E-state index contributed by atoms with van der Waals surface area (Å²) in [5, 5.41) is 24.1. The number of aromatic carboxylic acids is 1. The van der Waals surface area contributed by atoms with Crippen LogP contribution in [-0.2, 0) is 0 Å². The number of nitrogens with one attached hydrogen (secondary N) is 1. The van der Waals surface area contributed by atoms with Crippen molar-refractivity contribution in [3.8, 4) is 10.4 Å². The largest absolute Gasteiger partial charge is 0.478 e. The Balaban J connectivity index is 1.76. The number of rotatable bonds is 8. The van der Waals surface area contributed by atoms with Gasteiger partial charge in [0.25, 0.3) is 0 Å². The van der Waals surface area contributed by atoms with Crippen molar-refractivity contribution in [1.82, 2.24) is 5.43 Å². The van der Waals surface area contributed by atoms with E-state index in [0.717, 1.165) is 21.7 Å². The zero-order valence-electron chi connectivity index (χ0n) is 15.3. The van der Waals surface area contributed by atoms with Crippen molar-refractivity contribution < 1.29 is 15.0 Å². The molecule has 5 nitrogen and oxygen atoms in total. The summed E-state index contributed by atoms with van der Waals surface area (Å²) < 4.78 is 0. The summed E-state index contributed by atoms with van der Waals surface area (Å²) in [6, 6.07) is 16.5. The van der Waals surface area contributed by atoms with Crippen LogP contribution in [0.3, 0.4) is 0 Å². The summed E-state index contributed by atoms with van der Waals surface area (Å²) in [5.41, 5.74) is 6.03. The molecule has 1 atom stereocenters. The predicted octanol–water partition coefficient (Wildman–Crippen LogP) is 4.83. The summed E-state index contributed by atoms with van der Waals surface area (Å²) in [6.45, 7) is 2.99. The molecule has 1 heterocycles. The van der Waals surface area contributed by atoms with Crippen molar-refractivity contribution in [3.63, 3.8) is 0 Å². The van der Waals surface area contributed by atoms with Crippen LogP contribution in [0.15, 0.2) is 60.0 Å². The number of hydrazine groups is 1. The molecule has 28 heavy (non-hydrogen) atoms. The second kappa shape index (κ2) is 9.21. The summed E-state index contributed by atoms with van der Waals surface area (Å²) in [4.78, 5) is 12.1. The molecule has 0 aliphatic heterocycles. The number of aliphatic hydroxyl groups excluding tert-OH is 1. The van der Waals surface area contributed by atoms with E-state index in [1.807, 2.05) is 48.3 Å². The highest BCUT2D eigenvalue weighted by Crippen LogP contribution is 2.32. The number of nitrogens with zero attached hydrogens (tertiary/aromatic N) is 1. The van der Waals surface area contributed by atoms with Crippen molar-refractivity contribution in [1.29, 1.82) is 0 Å². The van der Waals surface area contributed by atoms with Crippen LogP contribution < -0.4 is 10.4 Å². The summed E-state index contributed by atoms with van der Waals surface area (Å²) in [6.07, 6.45) is -0.702. The van der Waals surface area contributed by atoms with E-state index in [9.17, 15) is 15.0 Å². The molecule has 0 aliphatic carbocycles. The van der Waals surface area contributed by atoms with E-state index in [1.165, 1.54) is 11.3 Å². The van der Waals surface area contributed by atoms with Gasteiger partial charge in [0.2, 0.25) is 0 Å². The van der Waals surface area contributed by atoms with Gasteiger partial charge in [-0.15, -0.1) is 11.3 Å². The maximum Gasteiger partial charge on any atom is 0.337 e. The van der Waals surface area contributed by atoms with E-state index in [-0.39, 0.29) is 0 Å². The van der Waals surface area contributed by atoms with Crippen LogP contribution in [0, 0.1) is 0 Å². The molecule has 7 heteroatoms. The van der Waals surface area contributed by atoms with Crippen molar-refractivity contribution in [2.24, 2.45) is 0 Å². The van der Waals surface area contributed by atoms with Crippen molar-refractivity contribution in [3.05, 3.63) is 76.1 Å². The molecule has 3 aromatic rings. The van der Waals surface area contributed by atoms with Crippen molar-refractivity contribution in [2.75, 3.05) is 18.1 Å². The summed E-state index contributed by atoms with van der Waals surface area (Å²) in [5.74, 6) is -0.934. The number of benzene rings is 2. The molecule has 0 bridgehead atoms. The number of hydrogen-bond acceptors (Lipinski definition) is 5. The Labute approximate surface area is 172 Å². The summed E-state index contributed by atoms with van der Waals surface area (Å²) >= 11 is 7.40. The quantitative estimate of drug-likeness (QED) is 0.458. The second-order valence-corrected chi connectivity index (χ2v) is 7.55. The van der Waals surface area contributed by atoms with Crippen molar-refractivity contribution >= 4 is 34.6 Å². The van der Waals surface area contributed by atoms with E-state index < -0.39 is 12.1 Å². The van der Waals surface area contributed by atoms with Crippen LogP contribution in [0.5, 0.6) is 0 Å². The average molecular weight is 417 g/mol. The molecule has 0 unspecified atom stereocenters. The van der Waals surface area contributed by atoms with Gasteiger partial charge in [0.15, 0.2) is 0 Å². The number of carboxylic acids is 1. The number of thiophene rings is 1. The minimum absolute atomic E-state index is 0.300. The zero-order chi connectivity index (χ0) is 20.1. The Bertz CT molecular complexity index is 960. The number of carboxylic acid groups (broad SMARTS) is 1. The molecule has 146 valence electrons. The van der Waals surface area contributed by atoms with E-state index in [4.69, 9.17) is 11.6 Å². The normalized spacial score (nSPS) is 12.0. The number of halogens is 1. The second-order valence-electron chi connectivity index (χ2n) is 6.20. The highest BCUT2D eigenvalue weighted by Gasteiger charge is 2.15. The minimum Gasteiger partial charge on any atom is -0.478 e. The predicted molar refractivity (Wildman–Crippen MR) is 114 cm³/mol. The Morgan fingerprint density at radius 3 is 2.71 bits per heavy atom. The standard InChI is InChI=1S/C21H21ClN2O3S/c1-2-24(23-13-19(25)14-5-3-7-16(22)11-14)17-8-4-6-15(12-17)20-18(21(26)27)9-10-28-20/h3-12,19,23,25H,2,13H2,1H3,(H,26,27)/t19-/m0/s1. The van der Waals surface area contributed by atoms with Gasteiger partial charge in [-0.25, -0.2) is 10.2 Å². The monoisotopic (exact) mass is 416 g/mol. The molecule has 1 aromatic heterocycles. The maximum absolute atomic E-state index is 11.4. The van der Waals surface area contributed by atoms with Crippen molar-refractivity contribution in [2.45, 2.75) is 13.0 Å². The molecule has 3 N–H and O–H groups in total. The third-order valence-corrected chi connectivity index (χ3v) is 5.54. The Hall–Kier alpha value is -2.38. The number of hydrogen-bond donors (Lipinski definition) is 3. The molecule has 0 spiro atoms. The fraction of sp³-hybridized carbons (Fsp3) is 0.190. The Kier molecular flexibility index (Phi) is 6.70. The number of anilines is 1. The molecule has 0 saturated carbocycles. The lowest BCUT2D eigenvalue weighted by molar-refractivity contribution is 0.0698. The molecule has 0 fully saturated rings. The first-order chi connectivity index (χ1) is 13.5. The SMILES string of the molecule is CCN(NC[C@H](O)c1cccc(Cl)c1)c1cccc(-c2sccc2C(=O)O)c1. The fourth-order valence-corrected chi connectivity index (χ4v) is 4.01. The topological polar surface area (TPSA) is 72.8 Å². The van der Waals surface area contributed by atoms with Crippen LogP contribution in [0.1, 0.15) is 28.9 Å². The van der Waals surface area contributed by atoms with E-state index in [1.54, 1.807) is 23.6 Å². The molecule has 0 aliphatic rings. The van der Waals surface area contributed by atoms with Gasteiger partial charge in [-0.2, -0.15) is 0 Å².